The fourth-order valence-electron chi connectivity index (χ4n) is 1.61. The molecule has 5 heteroatoms. The smallest absolute Gasteiger partial charge is 0.244 e. The standard InChI is InChI=1S/C14H15N3O2/c1-3-6-12(15)14-16-13(17-19-14)10-7-5-8-11(9-10)18-4-2/h1,5,7-9,12H,4,6,15H2,2H3. The van der Waals surface area contributed by atoms with Gasteiger partial charge in [0.15, 0.2) is 0 Å². The van der Waals surface area contributed by atoms with Gasteiger partial charge in [0, 0.05) is 12.0 Å². The van der Waals surface area contributed by atoms with Crippen molar-refractivity contribution in [2.75, 3.05) is 6.61 Å². The summed E-state index contributed by atoms with van der Waals surface area (Å²) in [4.78, 5) is 4.25. The zero-order valence-corrected chi connectivity index (χ0v) is 10.7. The van der Waals surface area contributed by atoms with Crippen LogP contribution in [0.4, 0.5) is 0 Å². The predicted octanol–water partition coefficient (Wildman–Crippen LogP) is 2.16. The van der Waals surface area contributed by atoms with Gasteiger partial charge in [-0.2, -0.15) is 4.98 Å². The molecule has 1 unspecified atom stereocenters. The van der Waals surface area contributed by atoms with Crippen LogP contribution >= 0.6 is 0 Å². The molecule has 2 aromatic rings. The highest BCUT2D eigenvalue weighted by molar-refractivity contribution is 5.56. The van der Waals surface area contributed by atoms with Crippen molar-refractivity contribution in [1.82, 2.24) is 10.1 Å². The van der Waals surface area contributed by atoms with Gasteiger partial charge in [0.25, 0.3) is 0 Å². The van der Waals surface area contributed by atoms with Crippen molar-refractivity contribution < 1.29 is 9.26 Å². The molecule has 0 aliphatic rings. The van der Waals surface area contributed by atoms with Crippen molar-refractivity contribution in [1.29, 1.82) is 0 Å². The maximum Gasteiger partial charge on any atom is 0.244 e. The molecule has 2 N–H and O–H groups in total. The molecule has 1 heterocycles. The van der Waals surface area contributed by atoms with Gasteiger partial charge in [0.1, 0.15) is 5.75 Å². The van der Waals surface area contributed by atoms with Crippen LogP contribution in [-0.2, 0) is 0 Å². The van der Waals surface area contributed by atoms with Crippen molar-refractivity contribution in [3.8, 4) is 29.5 Å². The Morgan fingerprint density at radius 3 is 3.11 bits per heavy atom. The van der Waals surface area contributed by atoms with E-state index in [0.29, 0.717) is 24.7 Å². The summed E-state index contributed by atoms with van der Waals surface area (Å²) in [5.74, 6) is 4.05. The summed E-state index contributed by atoms with van der Waals surface area (Å²) < 4.78 is 10.5. The summed E-state index contributed by atoms with van der Waals surface area (Å²) in [6.45, 7) is 2.53. The number of aromatic nitrogens is 2. The Kier molecular flexibility index (Phi) is 4.16. The average molecular weight is 257 g/mol. The number of hydrogen-bond acceptors (Lipinski definition) is 5. The highest BCUT2D eigenvalue weighted by Gasteiger charge is 2.15. The molecule has 0 saturated heterocycles. The third-order valence-electron chi connectivity index (χ3n) is 2.50. The van der Waals surface area contributed by atoms with Gasteiger partial charge in [-0.25, -0.2) is 0 Å². The molecule has 19 heavy (non-hydrogen) atoms. The normalized spacial score (nSPS) is 11.8. The Labute approximate surface area is 111 Å². The third-order valence-corrected chi connectivity index (χ3v) is 2.50. The minimum Gasteiger partial charge on any atom is -0.494 e. The van der Waals surface area contributed by atoms with E-state index in [2.05, 4.69) is 16.1 Å². The second-order valence-corrected chi connectivity index (χ2v) is 3.93. The summed E-state index contributed by atoms with van der Waals surface area (Å²) in [5.41, 5.74) is 6.62. The topological polar surface area (TPSA) is 74.2 Å². The lowest BCUT2D eigenvalue weighted by molar-refractivity contribution is 0.340. The molecule has 0 saturated carbocycles. The predicted molar refractivity (Wildman–Crippen MR) is 71.3 cm³/mol. The van der Waals surface area contributed by atoms with Gasteiger partial charge >= 0.3 is 0 Å². The summed E-state index contributed by atoms with van der Waals surface area (Å²) in [6, 6.07) is 7.05. The van der Waals surface area contributed by atoms with E-state index >= 15 is 0 Å². The second-order valence-electron chi connectivity index (χ2n) is 3.93. The van der Waals surface area contributed by atoms with Gasteiger partial charge < -0.3 is 15.0 Å². The largest absolute Gasteiger partial charge is 0.494 e. The molecule has 0 bridgehead atoms. The molecular weight excluding hydrogens is 242 g/mol. The molecule has 0 spiro atoms. The van der Waals surface area contributed by atoms with Gasteiger partial charge in [0.2, 0.25) is 11.7 Å². The summed E-state index contributed by atoms with van der Waals surface area (Å²) in [7, 11) is 0. The number of rotatable bonds is 5. The molecule has 2 rings (SSSR count). The van der Waals surface area contributed by atoms with E-state index < -0.39 is 6.04 Å². The molecule has 0 radical (unpaired) electrons. The number of ether oxygens (including phenoxy) is 1. The Hall–Kier alpha value is -2.32. The number of hydrogen-bond donors (Lipinski definition) is 1. The van der Waals surface area contributed by atoms with Gasteiger partial charge in [-0.3, -0.25) is 0 Å². The van der Waals surface area contributed by atoms with Crippen LogP contribution in [0.5, 0.6) is 5.75 Å². The fourth-order valence-corrected chi connectivity index (χ4v) is 1.61. The fraction of sp³-hybridized carbons (Fsp3) is 0.286. The lowest BCUT2D eigenvalue weighted by Crippen LogP contribution is -2.09. The van der Waals surface area contributed by atoms with Crippen molar-refractivity contribution in [3.63, 3.8) is 0 Å². The van der Waals surface area contributed by atoms with Crippen molar-refractivity contribution in [3.05, 3.63) is 30.2 Å². The molecule has 1 aromatic heterocycles. The SMILES string of the molecule is C#CCC(N)c1nc(-c2cccc(OCC)c2)no1. The van der Waals surface area contributed by atoms with Crippen molar-refractivity contribution in [2.45, 2.75) is 19.4 Å². The van der Waals surface area contributed by atoms with Crippen molar-refractivity contribution >= 4 is 0 Å². The summed E-state index contributed by atoms with van der Waals surface area (Å²) in [6.07, 6.45) is 5.56. The Morgan fingerprint density at radius 1 is 1.53 bits per heavy atom. The Morgan fingerprint density at radius 2 is 2.37 bits per heavy atom. The summed E-state index contributed by atoms with van der Waals surface area (Å²) >= 11 is 0. The molecule has 1 aromatic carbocycles. The first kappa shape index (κ1) is 13.1. The lowest BCUT2D eigenvalue weighted by Gasteiger charge is -2.03. The minimum absolute atomic E-state index is 0.342. The first-order chi connectivity index (χ1) is 9.24. The van der Waals surface area contributed by atoms with E-state index in [1.165, 1.54) is 0 Å². The average Bonchev–Trinajstić information content (AvgIpc) is 2.89. The minimum atomic E-state index is -0.429. The molecule has 0 amide bonds. The highest BCUT2D eigenvalue weighted by Crippen LogP contribution is 2.23. The van der Waals surface area contributed by atoms with Crippen LogP contribution in [0.3, 0.4) is 0 Å². The Bertz CT molecular complexity index is 586. The molecule has 5 nitrogen and oxygen atoms in total. The van der Waals surface area contributed by atoms with Crippen LogP contribution in [0.25, 0.3) is 11.4 Å². The quantitative estimate of drug-likeness (QED) is 0.831. The lowest BCUT2D eigenvalue weighted by atomic mass is 10.2. The monoisotopic (exact) mass is 257 g/mol. The van der Waals surface area contributed by atoms with E-state index in [9.17, 15) is 0 Å². The summed E-state index contributed by atoms with van der Waals surface area (Å²) in [5, 5.41) is 3.90. The molecule has 0 aliphatic carbocycles. The molecule has 0 fully saturated rings. The van der Waals surface area contributed by atoms with Crippen LogP contribution in [0.1, 0.15) is 25.3 Å². The second kappa shape index (κ2) is 6.03. The van der Waals surface area contributed by atoms with E-state index in [4.69, 9.17) is 21.4 Å². The van der Waals surface area contributed by atoms with E-state index in [1.807, 2.05) is 31.2 Å². The van der Waals surface area contributed by atoms with Gasteiger partial charge in [0.05, 0.1) is 12.6 Å². The van der Waals surface area contributed by atoms with Crippen LogP contribution in [0.2, 0.25) is 0 Å². The van der Waals surface area contributed by atoms with Crippen molar-refractivity contribution in [2.24, 2.45) is 5.73 Å². The molecule has 0 aliphatic heterocycles. The number of nitrogens with zero attached hydrogens (tertiary/aromatic N) is 2. The number of terminal acetylenes is 1. The van der Waals surface area contributed by atoms with Crippen LogP contribution < -0.4 is 10.5 Å². The van der Waals surface area contributed by atoms with Gasteiger partial charge in [-0.1, -0.05) is 17.3 Å². The highest BCUT2D eigenvalue weighted by atomic mass is 16.5. The van der Waals surface area contributed by atoms with Crippen LogP contribution in [0, 0.1) is 12.3 Å². The van der Waals surface area contributed by atoms with Gasteiger partial charge in [-0.15, -0.1) is 12.3 Å². The van der Waals surface area contributed by atoms with Gasteiger partial charge in [-0.05, 0) is 19.1 Å². The number of nitrogens with two attached hydrogens (primary N) is 1. The number of benzene rings is 1. The van der Waals surface area contributed by atoms with E-state index in [-0.39, 0.29) is 0 Å². The van der Waals surface area contributed by atoms with Crippen LogP contribution in [0.15, 0.2) is 28.8 Å². The van der Waals surface area contributed by atoms with E-state index in [0.717, 1.165) is 11.3 Å². The maximum absolute atomic E-state index is 5.81. The zero-order valence-electron chi connectivity index (χ0n) is 10.7. The third kappa shape index (κ3) is 3.12. The first-order valence-corrected chi connectivity index (χ1v) is 6.00. The van der Waals surface area contributed by atoms with Crippen LogP contribution in [-0.4, -0.2) is 16.7 Å². The van der Waals surface area contributed by atoms with E-state index in [1.54, 1.807) is 0 Å². The molecule has 1 atom stereocenters. The molecular formula is C14H15N3O2. The Balaban J connectivity index is 2.23. The molecule has 98 valence electrons. The zero-order chi connectivity index (χ0) is 13.7. The first-order valence-electron chi connectivity index (χ1n) is 6.00. The maximum atomic E-state index is 5.81.